The molecule has 0 spiro atoms. The Morgan fingerprint density at radius 3 is 2.73 bits per heavy atom. The molecule has 0 aliphatic heterocycles. The summed E-state index contributed by atoms with van der Waals surface area (Å²) in [6.07, 6.45) is 4.48. The Balaban J connectivity index is 1.60. The number of rotatable bonds is 6. The average molecular weight is 294 g/mol. The molecule has 1 heterocycles. The molecular formula is C18H18N2O2. The lowest BCUT2D eigenvalue weighted by Crippen LogP contribution is -2.09. The van der Waals surface area contributed by atoms with Crippen molar-refractivity contribution in [3.05, 3.63) is 78.4 Å². The van der Waals surface area contributed by atoms with Gasteiger partial charge in [0.25, 0.3) is 0 Å². The summed E-state index contributed by atoms with van der Waals surface area (Å²) in [5.41, 5.74) is 1.04. The maximum atomic E-state index is 9.53. The van der Waals surface area contributed by atoms with E-state index in [0.29, 0.717) is 13.2 Å². The van der Waals surface area contributed by atoms with E-state index < -0.39 is 0 Å². The van der Waals surface area contributed by atoms with Crippen LogP contribution < -0.4 is 4.74 Å². The molecule has 0 saturated carbocycles. The SMILES string of the molecule is Oc1cccc(Cn2ccnc2CCOc2ccccc2)c1. The molecule has 4 heteroatoms. The summed E-state index contributed by atoms with van der Waals surface area (Å²) in [5.74, 6) is 2.12. The van der Waals surface area contributed by atoms with Crippen LogP contribution in [0, 0.1) is 0 Å². The summed E-state index contributed by atoms with van der Waals surface area (Å²) in [7, 11) is 0. The van der Waals surface area contributed by atoms with Crippen LogP contribution in [0.4, 0.5) is 0 Å². The van der Waals surface area contributed by atoms with E-state index in [4.69, 9.17) is 4.74 Å². The molecule has 0 unspecified atom stereocenters. The highest BCUT2D eigenvalue weighted by Crippen LogP contribution is 2.14. The van der Waals surface area contributed by atoms with Crippen LogP contribution >= 0.6 is 0 Å². The Morgan fingerprint density at radius 1 is 1.05 bits per heavy atom. The van der Waals surface area contributed by atoms with Gasteiger partial charge in [0.1, 0.15) is 17.3 Å². The zero-order chi connectivity index (χ0) is 15.2. The monoisotopic (exact) mass is 294 g/mol. The lowest BCUT2D eigenvalue weighted by molar-refractivity contribution is 0.317. The molecule has 4 nitrogen and oxygen atoms in total. The maximum absolute atomic E-state index is 9.53. The van der Waals surface area contributed by atoms with E-state index in [1.165, 1.54) is 0 Å². The Labute approximate surface area is 129 Å². The van der Waals surface area contributed by atoms with E-state index in [0.717, 1.165) is 23.6 Å². The number of para-hydroxylation sites is 1. The first-order valence-electron chi connectivity index (χ1n) is 7.27. The van der Waals surface area contributed by atoms with Gasteiger partial charge in [-0.3, -0.25) is 0 Å². The largest absolute Gasteiger partial charge is 0.508 e. The lowest BCUT2D eigenvalue weighted by Gasteiger charge is -2.09. The third-order valence-electron chi connectivity index (χ3n) is 3.40. The van der Waals surface area contributed by atoms with E-state index >= 15 is 0 Å². The Morgan fingerprint density at radius 2 is 1.91 bits per heavy atom. The summed E-state index contributed by atoms with van der Waals surface area (Å²) < 4.78 is 7.78. The minimum atomic E-state index is 0.284. The molecule has 0 amide bonds. The first-order chi connectivity index (χ1) is 10.8. The van der Waals surface area contributed by atoms with Crippen LogP contribution in [0.3, 0.4) is 0 Å². The first-order valence-corrected chi connectivity index (χ1v) is 7.27. The van der Waals surface area contributed by atoms with Crippen molar-refractivity contribution in [3.8, 4) is 11.5 Å². The smallest absolute Gasteiger partial charge is 0.119 e. The molecular weight excluding hydrogens is 276 g/mol. The topological polar surface area (TPSA) is 47.3 Å². The number of benzene rings is 2. The highest BCUT2D eigenvalue weighted by molar-refractivity contribution is 5.27. The van der Waals surface area contributed by atoms with Crippen LogP contribution in [0.15, 0.2) is 67.0 Å². The molecule has 3 rings (SSSR count). The Hall–Kier alpha value is -2.75. The van der Waals surface area contributed by atoms with Crippen molar-refractivity contribution in [1.29, 1.82) is 0 Å². The number of imidazole rings is 1. The van der Waals surface area contributed by atoms with Gasteiger partial charge in [-0.15, -0.1) is 0 Å². The fourth-order valence-corrected chi connectivity index (χ4v) is 2.34. The molecule has 0 atom stereocenters. The molecule has 22 heavy (non-hydrogen) atoms. The zero-order valence-electron chi connectivity index (χ0n) is 12.2. The quantitative estimate of drug-likeness (QED) is 0.759. The van der Waals surface area contributed by atoms with Crippen LogP contribution in [-0.2, 0) is 13.0 Å². The van der Waals surface area contributed by atoms with Crippen molar-refractivity contribution in [2.45, 2.75) is 13.0 Å². The second kappa shape index (κ2) is 6.80. The lowest BCUT2D eigenvalue weighted by atomic mass is 10.2. The van der Waals surface area contributed by atoms with Crippen LogP contribution in [0.5, 0.6) is 11.5 Å². The first kappa shape index (κ1) is 14.2. The fraction of sp³-hybridized carbons (Fsp3) is 0.167. The van der Waals surface area contributed by atoms with Crippen molar-refractivity contribution < 1.29 is 9.84 Å². The van der Waals surface area contributed by atoms with Crippen LogP contribution in [0.25, 0.3) is 0 Å². The molecule has 0 aliphatic rings. The van der Waals surface area contributed by atoms with Crippen molar-refractivity contribution in [3.63, 3.8) is 0 Å². The number of phenols is 1. The van der Waals surface area contributed by atoms with Gasteiger partial charge >= 0.3 is 0 Å². The molecule has 0 fully saturated rings. The fourth-order valence-electron chi connectivity index (χ4n) is 2.34. The zero-order valence-corrected chi connectivity index (χ0v) is 12.2. The highest BCUT2D eigenvalue weighted by atomic mass is 16.5. The number of ether oxygens (including phenoxy) is 1. The molecule has 112 valence electrons. The normalized spacial score (nSPS) is 10.5. The number of hydrogen-bond acceptors (Lipinski definition) is 3. The van der Waals surface area contributed by atoms with Crippen LogP contribution in [0.2, 0.25) is 0 Å². The minimum absolute atomic E-state index is 0.284. The number of nitrogens with zero attached hydrogens (tertiary/aromatic N) is 2. The molecule has 3 aromatic rings. The number of hydrogen-bond donors (Lipinski definition) is 1. The van der Waals surface area contributed by atoms with E-state index in [2.05, 4.69) is 9.55 Å². The van der Waals surface area contributed by atoms with Crippen molar-refractivity contribution >= 4 is 0 Å². The van der Waals surface area contributed by atoms with Gasteiger partial charge in [0, 0.05) is 25.4 Å². The molecule has 0 aliphatic carbocycles. The number of phenolic OH excluding ortho intramolecular Hbond substituents is 1. The van der Waals surface area contributed by atoms with Gasteiger partial charge in [0.05, 0.1) is 6.61 Å². The highest BCUT2D eigenvalue weighted by Gasteiger charge is 2.05. The molecule has 2 aromatic carbocycles. The summed E-state index contributed by atoms with van der Waals surface area (Å²) in [5, 5.41) is 9.53. The summed E-state index contributed by atoms with van der Waals surface area (Å²) in [4.78, 5) is 4.39. The van der Waals surface area contributed by atoms with E-state index in [1.807, 2.05) is 48.7 Å². The molecule has 0 radical (unpaired) electrons. The van der Waals surface area contributed by atoms with Crippen LogP contribution in [-0.4, -0.2) is 21.3 Å². The van der Waals surface area contributed by atoms with Gasteiger partial charge < -0.3 is 14.4 Å². The second-order valence-electron chi connectivity index (χ2n) is 5.05. The molecule has 0 saturated heterocycles. The van der Waals surface area contributed by atoms with Crippen molar-refractivity contribution in [1.82, 2.24) is 9.55 Å². The van der Waals surface area contributed by atoms with Gasteiger partial charge in [0.15, 0.2) is 0 Å². The van der Waals surface area contributed by atoms with Gasteiger partial charge in [0.2, 0.25) is 0 Å². The van der Waals surface area contributed by atoms with Gasteiger partial charge in [-0.2, -0.15) is 0 Å². The molecule has 1 N–H and O–H groups in total. The van der Waals surface area contributed by atoms with E-state index in [9.17, 15) is 5.11 Å². The number of aromatic nitrogens is 2. The second-order valence-corrected chi connectivity index (χ2v) is 5.05. The van der Waals surface area contributed by atoms with Crippen LogP contribution in [0.1, 0.15) is 11.4 Å². The van der Waals surface area contributed by atoms with Gasteiger partial charge in [-0.05, 0) is 29.8 Å². The van der Waals surface area contributed by atoms with E-state index in [-0.39, 0.29) is 5.75 Å². The maximum Gasteiger partial charge on any atom is 0.119 e. The Kier molecular flexibility index (Phi) is 4.39. The number of aromatic hydroxyl groups is 1. The summed E-state index contributed by atoms with van der Waals surface area (Å²) in [6.45, 7) is 1.27. The Bertz CT molecular complexity index is 723. The van der Waals surface area contributed by atoms with Gasteiger partial charge in [-0.1, -0.05) is 30.3 Å². The van der Waals surface area contributed by atoms with Gasteiger partial charge in [-0.25, -0.2) is 4.98 Å². The van der Waals surface area contributed by atoms with Crippen molar-refractivity contribution in [2.75, 3.05) is 6.61 Å². The molecule has 1 aromatic heterocycles. The molecule has 0 bridgehead atoms. The summed E-state index contributed by atoms with van der Waals surface area (Å²) >= 11 is 0. The van der Waals surface area contributed by atoms with Crippen molar-refractivity contribution in [2.24, 2.45) is 0 Å². The predicted octanol–water partition coefficient (Wildman–Crippen LogP) is 3.26. The minimum Gasteiger partial charge on any atom is -0.508 e. The predicted molar refractivity (Wildman–Crippen MR) is 85.1 cm³/mol. The summed E-state index contributed by atoms with van der Waals surface area (Å²) in [6, 6.07) is 17.0. The average Bonchev–Trinajstić information content (AvgIpc) is 2.96. The standard InChI is InChI=1S/C18H18N2O2/c21-16-6-4-5-15(13-16)14-20-11-10-19-18(20)9-12-22-17-7-2-1-3-8-17/h1-8,10-11,13,21H,9,12,14H2. The third kappa shape index (κ3) is 3.67. The van der Waals surface area contributed by atoms with E-state index in [1.54, 1.807) is 18.3 Å². The third-order valence-corrected chi connectivity index (χ3v) is 3.40.